The Morgan fingerprint density at radius 3 is 2.80 bits per heavy atom. The van der Waals surface area contributed by atoms with Gasteiger partial charge in [0.25, 0.3) is 0 Å². The summed E-state index contributed by atoms with van der Waals surface area (Å²) in [6.07, 6.45) is 6.40. The molecule has 1 aromatic heterocycles. The van der Waals surface area contributed by atoms with Gasteiger partial charge in [-0.1, -0.05) is 37.5 Å². The summed E-state index contributed by atoms with van der Waals surface area (Å²) in [6.45, 7) is 7.33. The highest BCUT2D eigenvalue weighted by Gasteiger charge is 2.34. The number of nitrogens with one attached hydrogen (secondary N) is 1. The second kappa shape index (κ2) is 6.93. The molecular weight excluding hydrogens is 266 g/mol. The van der Waals surface area contributed by atoms with Crippen LogP contribution in [0.15, 0.2) is 34.7 Å². The lowest BCUT2D eigenvalue weighted by atomic mass is 9.73. The molecule has 1 aliphatic rings. The fourth-order valence-corrected chi connectivity index (χ4v) is 3.80. The van der Waals surface area contributed by atoms with Crippen molar-refractivity contribution in [3.8, 4) is 0 Å². The number of nitrogens with zero attached hydrogens (tertiary/aromatic N) is 1. The number of nitrogens with two attached hydrogens (primary N) is 1. The lowest BCUT2D eigenvalue weighted by molar-refractivity contribution is 0.306. The number of guanidine groups is 1. The molecule has 3 nitrogen and oxygen atoms in total. The van der Waals surface area contributed by atoms with Crippen molar-refractivity contribution in [3.63, 3.8) is 0 Å². The van der Waals surface area contributed by atoms with Gasteiger partial charge in [-0.25, -0.2) is 0 Å². The minimum Gasteiger partial charge on any atom is -0.370 e. The normalized spacial score (nSPS) is 18.8. The number of hydrogen-bond donors (Lipinski definition) is 2. The van der Waals surface area contributed by atoms with E-state index in [2.05, 4.69) is 34.4 Å². The van der Waals surface area contributed by atoms with Crippen LogP contribution in [-0.4, -0.2) is 19.0 Å². The minimum atomic E-state index is 0.210. The molecule has 0 amide bonds. The molecule has 0 radical (unpaired) electrons. The van der Waals surface area contributed by atoms with Crippen LogP contribution >= 0.6 is 11.3 Å². The zero-order valence-corrected chi connectivity index (χ0v) is 13.1. The molecule has 110 valence electrons. The van der Waals surface area contributed by atoms with E-state index in [1.165, 1.54) is 37.0 Å². The molecule has 1 saturated carbocycles. The van der Waals surface area contributed by atoms with E-state index in [1.54, 1.807) is 0 Å². The highest BCUT2D eigenvalue weighted by atomic mass is 32.1. The maximum absolute atomic E-state index is 5.95. The molecule has 20 heavy (non-hydrogen) atoms. The molecule has 1 heterocycles. The lowest BCUT2D eigenvalue weighted by Crippen LogP contribution is -2.37. The first kappa shape index (κ1) is 15.1. The van der Waals surface area contributed by atoms with Gasteiger partial charge in [0.15, 0.2) is 5.96 Å². The standard InChI is InChI=1S/C16H25N3S/c1-13(2)11-18-15(17)19-12-16(8-4-3-5-9-16)14-7-6-10-20-14/h6-7,10H,1,3-5,8-9,11-12H2,2H3,(H3,17,18,19). The predicted octanol–water partition coefficient (Wildman–Crippen LogP) is 3.43. The Balaban J connectivity index is 2.05. The Bertz CT molecular complexity index is 456. The molecule has 0 saturated heterocycles. The summed E-state index contributed by atoms with van der Waals surface area (Å²) in [5.41, 5.74) is 7.23. The summed E-state index contributed by atoms with van der Waals surface area (Å²) in [4.78, 5) is 6.06. The van der Waals surface area contributed by atoms with E-state index in [1.807, 2.05) is 18.3 Å². The van der Waals surface area contributed by atoms with Crippen LogP contribution in [0, 0.1) is 0 Å². The van der Waals surface area contributed by atoms with Gasteiger partial charge in [-0.05, 0) is 31.2 Å². The lowest BCUT2D eigenvalue weighted by Gasteiger charge is -2.35. The van der Waals surface area contributed by atoms with Crippen LogP contribution in [-0.2, 0) is 5.41 Å². The van der Waals surface area contributed by atoms with E-state index >= 15 is 0 Å². The van der Waals surface area contributed by atoms with Crippen LogP contribution in [0.2, 0.25) is 0 Å². The molecule has 4 heteroatoms. The van der Waals surface area contributed by atoms with Crippen LogP contribution in [0.5, 0.6) is 0 Å². The molecule has 0 atom stereocenters. The fourth-order valence-electron chi connectivity index (χ4n) is 2.83. The number of aliphatic imine (C=N–C) groups is 1. The van der Waals surface area contributed by atoms with Gasteiger partial charge in [-0.15, -0.1) is 11.3 Å². The van der Waals surface area contributed by atoms with E-state index in [0.29, 0.717) is 12.5 Å². The molecule has 0 aromatic carbocycles. The third-order valence-corrected chi connectivity index (χ3v) is 5.09. The SMILES string of the molecule is C=C(C)CNC(N)=NCC1(c2cccs2)CCCCC1. The van der Waals surface area contributed by atoms with Gasteiger partial charge in [0, 0.05) is 16.8 Å². The molecule has 3 N–H and O–H groups in total. The zero-order valence-electron chi connectivity index (χ0n) is 12.3. The second-order valence-electron chi connectivity index (χ2n) is 5.83. The van der Waals surface area contributed by atoms with Gasteiger partial charge in [0.1, 0.15) is 0 Å². The van der Waals surface area contributed by atoms with Gasteiger partial charge >= 0.3 is 0 Å². The van der Waals surface area contributed by atoms with Gasteiger partial charge < -0.3 is 11.1 Å². The monoisotopic (exact) mass is 291 g/mol. The summed E-state index contributed by atoms with van der Waals surface area (Å²) < 4.78 is 0. The third-order valence-electron chi connectivity index (χ3n) is 3.98. The van der Waals surface area contributed by atoms with E-state index in [4.69, 9.17) is 5.73 Å². The van der Waals surface area contributed by atoms with Crippen LogP contribution in [0.1, 0.15) is 43.9 Å². The maximum Gasteiger partial charge on any atom is 0.188 e. The number of hydrogen-bond acceptors (Lipinski definition) is 2. The first-order chi connectivity index (χ1) is 9.62. The first-order valence-corrected chi connectivity index (χ1v) is 8.22. The number of thiophene rings is 1. The average molecular weight is 291 g/mol. The topological polar surface area (TPSA) is 50.4 Å². The smallest absolute Gasteiger partial charge is 0.188 e. The summed E-state index contributed by atoms with van der Waals surface area (Å²) in [5, 5.41) is 5.28. The second-order valence-corrected chi connectivity index (χ2v) is 6.78. The molecule has 1 aromatic rings. The zero-order chi connectivity index (χ0) is 14.4. The van der Waals surface area contributed by atoms with E-state index in [-0.39, 0.29) is 5.41 Å². The molecule has 2 rings (SSSR count). The summed E-state index contributed by atoms with van der Waals surface area (Å²) in [6, 6.07) is 4.39. The molecule has 0 spiro atoms. The van der Waals surface area contributed by atoms with Crippen LogP contribution < -0.4 is 11.1 Å². The fraction of sp³-hybridized carbons (Fsp3) is 0.562. The van der Waals surface area contributed by atoms with Crippen molar-refractivity contribution in [2.45, 2.75) is 44.4 Å². The van der Waals surface area contributed by atoms with E-state index in [0.717, 1.165) is 12.1 Å². The van der Waals surface area contributed by atoms with Crippen LogP contribution in [0.3, 0.4) is 0 Å². The molecular formula is C16H25N3S. The summed E-state index contributed by atoms with van der Waals surface area (Å²) >= 11 is 1.85. The highest BCUT2D eigenvalue weighted by Crippen LogP contribution is 2.41. The highest BCUT2D eigenvalue weighted by molar-refractivity contribution is 7.10. The Hall–Kier alpha value is -1.29. The van der Waals surface area contributed by atoms with Crippen molar-refractivity contribution < 1.29 is 0 Å². The first-order valence-electron chi connectivity index (χ1n) is 7.34. The van der Waals surface area contributed by atoms with Crippen molar-refractivity contribution in [1.29, 1.82) is 0 Å². The van der Waals surface area contributed by atoms with Crippen LogP contribution in [0.25, 0.3) is 0 Å². The average Bonchev–Trinajstić information content (AvgIpc) is 2.98. The van der Waals surface area contributed by atoms with Crippen molar-refractivity contribution in [1.82, 2.24) is 5.32 Å². The van der Waals surface area contributed by atoms with Crippen LogP contribution in [0.4, 0.5) is 0 Å². The molecule has 0 bridgehead atoms. The number of rotatable bonds is 5. The van der Waals surface area contributed by atoms with Gasteiger partial charge in [-0.3, -0.25) is 4.99 Å². The van der Waals surface area contributed by atoms with Crippen molar-refractivity contribution in [2.75, 3.05) is 13.1 Å². The molecule has 1 aliphatic carbocycles. The summed E-state index contributed by atoms with van der Waals surface area (Å²) in [5.74, 6) is 0.537. The molecule has 0 unspecified atom stereocenters. The third kappa shape index (κ3) is 3.85. The Morgan fingerprint density at radius 1 is 1.45 bits per heavy atom. The maximum atomic E-state index is 5.95. The van der Waals surface area contributed by atoms with Crippen molar-refractivity contribution in [3.05, 3.63) is 34.5 Å². The minimum absolute atomic E-state index is 0.210. The van der Waals surface area contributed by atoms with E-state index in [9.17, 15) is 0 Å². The van der Waals surface area contributed by atoms with Gasteiger partial charge in [-0.2, -0.15) is 0 Å². The Morgan fingerprint density at radius 2 is 2.20 bits per heavy atom. The largest absolute Gasteiger partial charge is 0.370 e. The Labute approximate surface area is 126 Å². The van der Waals surface area contributed by atoms with Gasteiger partial charge in [0.2, 0.25) is 0 Å². The Kier molecular flexibility index (Phi) is 5.24. The molecule has 0 aliphatic heterocycles. The van der Waals surface area contributed by atoms with Gasteiger partial charge in [0.05, 0.1) is 6.54 Å². The molecule has 1 fully saturated rings. The van der Waals surface area contributed by atoms with Crippen molar-refractivity contribution in [2.24, 2.45) is 10.7 Å². The van der Waals surface area contributed by atoms with Crippen molar-refractivity contribution >= 4 is 17.3 Å². The summed E-state index contributed by atoms with van der Waals surface area (Å²) in [7, 11) is 0. The quantitative estimate of drug-likeness (QED) is 0.496. The van der Waals surface area contributed by atoms with E-state index < -0.39 is 0 Å². The predicted molar refractivity (Wildman–Crippen MR) is 88.4 cm³/mol.